The summed E-state index contributed by atoms with van der Waals surface area (Å²) >= 11 is 7.25. The van der Waals surface area contributed by atoms with E-state index in [1.807, 2.05) is 17.6 Å². The number of nitrogens with zero attached hydrogens (tertiary/aromatic N) is 3. The van der Waals surface area contributed by atoms with E-state index < -0.39 is 11.7 Å². The molecule has 33 heavy (non-hydrogen) atoms. The molecule has 0 radical (unpaired) electrons. The summed E-state index contributed by atoms with van der Waals surface area (Å²) < 4.78 is 15.6. The fourth-order valence-corrected chi connectivity index (χ4v) is 3.94. The fraction of sp³-hybridized carbons (Fsp3) is 0.217. The zero-order valence-corrected chi connectivity index (χ0v) is 19.5. The van der Waals surface area contributed by atoms with E-state index >= 15 is 0 Å². The number of nitrogens with one attached hydrogen (secondary N) is 2. The summed E-state index contributed by atoms with van der Waals surface area (Å²) in [5, 5.41) is 15.0. The minimum atomic E-state index is -0.574. The number of thioether (sulfide) groups is 1. The highest BCUT2D eigenvalue weighted by molar-refractivity contribution is 7.99. The van der Waals surface area contributed by atoms with Crippen molar-refractivity contribution >= 4 is 40.9 Å². The van der Waals surface area contributed by atoms with Crippen LogP contribution >= 0.6 is 23.4 Å². The number of halogens is 2. The zero-order chi connectivity index (χ0) is 23.8. The van der Waals surface area contributed by atoms with Crippen molar-refractivity contribution < 1.29 is 14.0 Å². The molecule has 7 nitrogen and oxygen atoms in total. The van der Waals surface area contributed by atoms with Gasteiger partial charge in [-0.15, -0.1) is 16.8 Å². The van der Waals surface area contributed by atoms with E-state index in [0.29, 0.717) is 34.7 Å². The maximum absolute atomic E-state index is 13.7. The van der Waals surface area contributed by atoms with Gasteiger partial charge in [0.05, 0.1) is 11.3 Å². The molecular weight excluding hydrogens is 465 g/mol. The van der Waals surface area contributed by atoms with Crippen LogP contribution in [-0.4, -0.2) is 38.9 Å². The van der Waals surface area contributed by atoms with Crippen LogP contribution in [0.15, 0.2) is 60.3 Å². The number of benzene rings is 2. The SMILES string of the molecule is C=CCn1c(CCNC(=O)c2ccccc2F)nnc1SCC(=O)Nc1cc(Cl)ccc1C. The Morgan fingerprint density at radius 3 is 2.79 bits per heavy atom. The first kappa shape index (κ1) is 24.5. The molecule has 3 rings (SSSR count). The van der Waals surface area contributed by atoms with Crippen LogP contribution in [0, 0.1) is 12.7 Å². The standard InChI is InChI=1S/C23H23ClFN5O2S/c1-3-12-30-20(10-11-26-22(32)17-6-4-5-7-18(17)25)28-29-23(30)33-14-21(31)27-19-13-16(24)9-8-15(19)2/h3-9,13H,1,10-12,14H2,2H3,(H,26,32)(H,27,31). The Hall–Kier alpha value is -3.17. The minimum absolute atomic E-state index is 0.0118. The van der Waals surface area contributed by atoms with Gasteiger partial charge in [-0.2, -0.15) is 0 Å². The van der Waals surface area contributed by atoms with E-state index in [1.165, 1.54) is 30.0 Å². The third kappa shape index (κ3) is 6.66. The van der Waals surface area contributed by atoms with Crippen molar-refractivity contribution in [3.8, 4) is 0 Å². The Morgan fingerprint density at radius 1 is 1.24 bits per heavy atom. The number of anilines is 1. The molecule has 2 N–H and O–H groups in total. The van der Waals surface area contributed by atoms with E-state index in [9.17, 15) is 14.0 Å². The maximum Gasteiger partial charge on any atom is 0.254 e. The first-order chi connectivity index (χ1) is 15.9. The van der Waals surface area contributed by atoms with Crippen LogP contribution in [0.5, 0.6) is 0 Å². The van der Waals surface area contributed by atoms with Gasteiger partial charge in [-0.25, -0.2) is 4.39 Å². The van der Waals surface area contributed by atoms with Gasteiger partial charge >= 0.3 is 0 Å². The molecule has 3 aromatic rings. The van der Waals surface area contributed by atoms with E-state index in [-0.39, 0.29) is 23.8 Å². The molecule has 0 aliphatic rings. The van der Waals surface area contributed by atoms with E-state index in [1.54, 1.807) is 24.3 Å². The molecule has 0 spiro atoms. The Kier molecular flexibility index (Phi) is 8.62. The third-order valence-corrected chi connectivity index (χ3v) is 5.87. The van der Waals surface area contributed by atoms with E-state index in [4.69, 9.17) is 11.6 Å². The predicted octanol–water partition coefficient (Wildman–Crippen LogP) is 4.27. The van der Waals surface area contributed by atoms with Crippen LogP contribution < -0.4 is 10.6 Å². The molecule has 2 amide bonds. The first-order valence-corrected chi connectivity index (χ1v) is 11.5. The summed E-state index contributed by atoms with van der Waals surface area (Å²) in [4.78, 5) is 24.6. The molecule has 0 fully saturated rings. The normalized spacial score (nSPS) is 10.6. The lowest BCUT2D eigenvalue weighted by atomic mass is 10.2. The monoisotopic (exact) mass is 487 g/mol. The summed E-state index contributed by atoms with van der Waals surface area (Å²) in [6, 6.07) is 11.1. The van der Waals surface area contributed by atoms with Gasteiger partial charge < -0.3 is 15.2 Å². The topological polar surface area (TPSA) is 88.9 Å². The van der Waals surface area contributed by atoms with Crippen LogP contribution in [0.4, 0.5) is 10.1 Å². The van der Waals surface area contributed by atoms with Crippen LogP contribution in [0.1, 0.15) is 21.7 Å². The number of carbonyl (C=O) groups excluding carboxylic acids is 2. The summed E-state index contributed by atoms with van der Waals surface area (Å²) in [5.41, 5.74) is 1.56. The molecule has 0 saturated carbocycles. The molecule has 0 aliphatic heterocycles. The molecule has 0 bridgehead atoms. The number of aryl methyl sites for hydroxylation is 1. The average molecular weight is 488 g/mol. The Labute approximate surface area is 200 Å². The summed E-state index contributed by atoms with van der Waals surface area (Å²) in [5.74, 6) is -0.514. The van der Waals surface area contributed by atoms with Gasteiger partial charge in [-0.05, 0) is 36.8 Å². The highest BCUT2D eigenvalue weighted by Crippen LogP contribution is 2.22. The number of amides is 2. The highest BCUT2D eigenvalue weighted by atomic mass is 35.5. The molecule has 0 atom stereocenters. The van der Waals surface area contributed by atoms with Gasteiger partial charge in [0.15, 0.2) is 5.16 Å². The largest absolute Gasteiger partial charge is 0.351 e. The van der Waals surface area contributed by atoms with E-state index in [2.05, 4.69) is 27.4 Å². The molecule has 172 valence electrons. The van der Waals surface area contributed by atoms with E-state index in [0.717, 1.165) is 5.56 Å². The molecule has 10 heteroatoms. The molecule has 0 aliphatic carbocycles. The van der Waals surface area contributed by atoms with Crippen molar-refractivity contribution in [1.29, 1.82) is 0 Å². The number of carbonyl (C=O) groups is 2. The number of rotatable bonds is 10. The van der Waals surface area contributed by atoms with Crippen LogP contribution in [0.3, 0.4) is 0 Å². The quantitative estimate of drug-likeness (QED) is 0.329. The smallest absolute Gasteiger partial charge is 0.254 e. The Morgan fingerprint density at radius 2 is 2.03 bits per heavy atom. The second-order valence-electron chi connectivity index (χ2n) is 7.08. The van der Waals surface area contributed by atoms with Gasteiger partial charge in [-0.1, -0.05) is 47.6 Å². The van der Waals surface area contributed by atoms with Gasteiger partial charge in [0.2, 0.25) is 5.91 Å². The van der Waals surface area contributed by atoms with Crippen molar-refractivity contribution in [1.82, 2.24) is 20.1 Å². The van der Waals surface area contributed by atoms with Crippen molar-refractivity contribution in [2.75, 3.05) is 17.6 Å². The predicted molar refractivity (Wildman–Crippen MR) is 128 cm³/mol. The lowest BCUT2D eigenvalue weighted by molar-refractivity contribution is -0.113. The lowest BCUT2D eigenvalue weighted by Gasteiger charge is -2.10. The van der Waals surface area contributed by atoms with Gasteiger partial charge in [0.25, 0.3) is 5.91 Å². The minimum Gasteiger partial charge on any atom is -0.351 e. The maximum atomic E-state index is 13.7. The number of allylic oxidation sites excluding steroid dienone is 1. The zero-order valence-electron chi connectivity index (χ0n) is 18.0. The van der Waals surface area contributed by atoms with Gasteiger partial charge in [-0.3, -0.25) is 9.59 Å². The van der Waals surface area contributed by atoms with Crippen LogP contribution in [0.2, 0.25) is 5.02 Å². The van der Waals surface area contributed by atoms with Crippen LogP contribution in [0.25, 0.3) is 0 Å². The molecule has 2 aromatic carbocycles. The number of aromatic nitrogens is 3. The van der Waals surface area contributed by atoms with Gasteiger partial charge in [0.1, 0.15) is 11.6 Å². The second-order valence-corrected chi connectivity index (χ2v) is 8.46. The van der Waals surface area contributed by atoms with Crippen molar-refractivity contribution in [2.24, 2.45) is 0 Å². The molecule has 1 aromatic heterocycles. The van der Waals surface area contributed by atoms with Crippen molar-refractivity contribution in [2.45, 2.75) is 25.0 Å². The summed E-state index contributed by atoms with van der Waals surface area (Å²) in [7, 11) is 0. The molecule has 0 saturated heterocycles. The lowest BCUT2D eigenvalue weighted by Crippen LogP contribution is -2.27. The first-order valence-electron chi connectivity index (χ1n) is 10.1. The summed E-state index contributed by atoms with van der Waals surface area (Å²) in [6.45, 7) is 6.34. The Balaban J connectivity index is 1.58. The van der Waals surface area contributed by atoms with Crippen molar-refractivity contribution in [3.63, 3.8) is 0 Å². The molecule has 1 heterocycles. The summed E-state index contributed by atoms with van der Waals surface area (Å²) in [6.07, 6.45) is 2.08. The number of hydrogen-bond acceptors (Lipinski definition) is 5. The molecule has 0 unspecified atom stereocenters. The molecular formula is C23H23ClFN5O2S. The second kappa shape index (κ2) is 11.6. The van der Waals surface area contributed by atoms with Crippen molar-refractivity contribution in [3.05, 3.63) is 82.9 Å². The number of hydrogen-bond donors (Lipinski definition) is 2. The fourth-order valence-electron chi connectivity index (χ4n) is 3.00. The van der Waals surface area contributed by atoms with Gasteiger partial charge in [0, 0.05) is 30.2 Å². The third-order valence-electron chi connectivity index (χ3n) is 4.66. The van der Waals surface area contributed by atoms with Crippen LogP contribution in [-0.2, 0) is 17.8 Å². The highest BCUT2D eigenvalue weighted by Gasteiger charge is 2.15. The Bertz CT molecular complexity index is 1170. The average Bonchev–Trinajstić information content (AvgIpc) is 3.17.